The Bertz CT molecular complexity index is 516. The van der Waals surface area contributed by atoms with Crippen molar-refractivity contribution in [2.24, 2.45) is 0 Å². The van der Waals surface area contributed by atoms with Crippen molar-refractivity contribution in [1.29, 1.82) is 5.26 Å². The van der Waals surface area contributed by atoms with Crippen LogP contribution in [0, 0.1) is 11.3 Å². The molecule has 1 aromatic carbocycles. The Kier molecular flexibility index (Phi) is 2.61. The van der Waals surface area contributed by atoms with Crippen molar-refractivity contribution in [2.75, 3.05) is 6.61 Å². The minimum atomic E-state index is -0.533. The number of aromatic nitrogens is 1. The number of hydrogen-bond acceptors (Lipinski definition) is 3. The number of rotatable bonds is 2. The van der Waals surface area contributed by atoms with Crippen molar-refractivity contribution in [3.8, 4) is 6.07 Å². The van der Waals surface area contributed by atoms with Gasteiger partial charge in [-0.2, -0.15) is 5.26 Å². The summed E-state index contributed by atoms with van der Waals surface area (Å²) in [6, 6.07) is 13.4. The van der Waals surface area contributed by atoms with Gasteiger partial charge in [0.25, 0.3) is 0 Å². The molecule has 1 N–H and O–H groups in total. The van der Waals surface area contributed by atoms with Crippen LogP contribution in [-0.2, 0) is 0 Å². The number of hydrogen-bond donors (Lipinski definition) is 1. The summed E-state index contributed by atoms with van der Waals surface area (Å²) in [5.41, 5.74) is 1.47. The highest BCUT2D eigenvalue weighted by molar-refractivity contribution is 5.78. The minimum absolute atomic E-state index is 0.193. The molecule has 1 aromatic heterocycles. The summed E-state index contributed by atoms with van der Waals surface area (Å²) in [6.45, 7) is -0.193. The van der Waals surface area contributed by atoms with E-state index in [2.05, 4.69) is 4.98 Å². The summed E-state index contributed by atoms with van der Waals surface area (Å²) in [4.78, 5) is 4.33. The average molecular weight is 198 g/mol. The Balaban J connectivity index is 2.52. The van der Waals surface area contributed by atoms with E-state index in [1.54, 1.807) is 6.07 Å². The maximum atomic E-state index is 8.99. The lowest BCUT2D eigenvalue weighted by Crippen LogP contribution is -2.03. The Morgan fingerprint density at radius 1 is 1.27 bits per heavy atom. The van der Waals surface area contributed by atoms with Gasteiger partial charge in [-0.25, -0.2) is 0 Å². The standard InChI is InChI=1S/C12H10N2O/c13-7-10(8-15)12-6-5-9-3-1-2-4-11(9)14-12/h1-6,10,15H,8H2. The van der Waals surface area contributed by atoms with Gasteiger partial charge in [-0.15, -0.1) is 0 Å². The van der Waals surface area contributed by atoms with Gasteiger partial charge >= 0.3 is 0 Å². The molecule has 1 atom stereocenters. The van der Waals surface area contributed by atoms with Crippen LogP contribution in [0.15, 0.2) is 36.4 Å². The molecule has 0 fully saturated rings. The maximum absolute atomic E-state index is 8.99. The molecule has 0 spiro atoms. The summed E-state index contributed by atoms with van der Waals surface area (Å²) < 4.78 is 0. The van der Waals surface area contributed by atoms with Crippen LogP contribution in [0.5, 0.6) is 0 Å². The molecule has 0 radical (unpaired) electrons. The molecule has 0 aliphatic heterocycles. The van der Waals surface area contributed by atoms with Crippen LogP contribution in [0.1, 0.15) is 11.6 Å². The topological polar surface area (TPSA) is 56.9 Å². The fourth-order valence-corrected chi connectivity index (χ4v) is 1.48. The lowest BCUT2D eigenvalue weighted by molar-refractivity contribution is 0.284. The van der Waals surface area contributed by atoms with E-state index in [9.17, 15) is 0 Å². The van der Waals surface area contributed by atoms with E-state index in [-0.39, 0.29) is 6.61 Å². The molecule has 0 amide bonds. The molecule has 1 unspecified atom stereocenters. The molecule has 3 nitrogen and oxygen atoms in total. The normalized spacial score (nSPS) is 12.3. The van der Waals surface area contributed by atoms with E-state index < -0.39 is 5.92 Å². The lowest BCUT2D eigenvalue weighted by Gasteiger charge is -2.05. The second-order valence-electron chi connectivity index (χ2n) is 3.29. The van der Waals surface area contributed by atoms with E-state index in [1.165, 1.54) is 0 Å². The lowest BCUT2D eigenvalue weighted by atomic mass is 10.1. The number of pyridine rings is 1. The number of para-hydroxylation sites is 1. The third-order valence-corrected chi connectivity index (χ3v) is 2.32. The molecule has 3 heteroatoms. The molecule has 15 heavy (non-hydrogen) atoms. The molecule has 74 valence electrons. The smallest absolute Gasteiger partial charge is 0.111 e. The second-order valence-corrected chi connectivity index (χ2v) is 3.29. The SMILES string of the molecule is N#CC(CO)c1ccc2ccccc2n1. The van der Waals surface area contributed by atoms with Gasteiger partial charge in [-0.1, -0.05) is 24.3 Å². The van der Waals surface area contributed by atoms with Gasteiger partial charge < -0.3 is 5.11 Å². The van der Waals surface area contributed by atoms with Gasteiger partial charge in [0.15, 0.2) is 0 Å². The van der Waals surface area contributed by atoms with Crippen LogP contribution in [0.4, 0.5) is 0 Å². The highest BCUT2D eigenvalue weighted by Gasteiger charge is 2.10. The van der Waals surface area contributed by atoms with Gasteiger partial charge in [0.05, 0.1) is 23.9 Å². The van der Waals surface area contributed by atoms with E-state index in [0.29, 0.717) is 5.69 Å². The highest BCUT2D eigenvalue weighted by Crippen LogP contribution is 2.17. The first-order valence-electron chi connectivity index (χ1n) is 4.71. The molecule has 2 rings (SSSR count). The Hall–Kier alpha value is -1.92. The van der Waals surface area contributed by atoms with Crippen LogP contribution in [0.3, 0.4) is 0 Å². The number of aliphatic hydroxyl groups is 1. The zero-order chi connectivity index (χ0) is 10.7. The van der Waals surface area contributed by atoms with Gasteiger partial charge in [-0.05, 0) is 12.1 Å². The first-order chi connectivity index (χ1) is 7.35. The molecule has 0 aliphatic carbocycles. The predicted octanol–water partition coefficient (Wildman–Crippen LogP) is 1.83. The molecular weight excluding hydrogens is 188 g/mol. The quantitative estimate of drug-likeness (QED) is 0.800. The monoisotopic (exact) mass is 198 g/mol. The molecule has 0 bridgehead atoms. The van der Waals surface area contributed by atoms with Gasteiger partial charge in [0, 0.05) is 5.39 Å². The summed E-state index contributed by atoms with van der Waals surface area (Å²) in [5.74, 6) is -0.533. The van der Waals surface area contributed by atoms with E-state index in [4.69, 9.17) is 10.4 Å². The summed E-state index contributed by atoms with van der Waals surface area (Å²) >= 11 is 0. The number of fused-ring (bicyclic) bond motifs is 1. The average Bonchev–Trinajstić information content (AvgIpc) is 2.30. The number of aliphatic hydroxyl groups excluding tert-OH is 1. The Morgan fingerprint density at radius 2 is 2.07 bits per heavy atom. The third-order valence-electron chi connectivity index (χ3n) is 2.32. The second kappa shape index (κ2) is 4.07. The van der Waals surface area contributed by atoms with Crippen molar-refractivity contribution in [3.05, 3.63) is 42.1 Å². The molecule has 2 aromatic rings. The Morgan fingerprint density at radius 3 is 2.80 bits per heavy atom. The zero-order valence-corrected chi connectivity index (χ0v) is 8.09. The van der Waals surface area contributed by atoms with Crippen molar-refractivity contribution in [2.45, 2.75) is 5.92 Å². The molecule has 1 heterocycles. The molecule has 0 aliphatic rings. The first kappa shape index (κ1) is 9.63. The summed E-state index contributed by atoms with van der Waals surface area (Å²) in [5, 5.41) is 18.8. The van der Waals surface area contributed by atoms with E-state index in [1.807, 2.05) is 36.4 Å². The van der Waals surface area contributed by atoms with Crippen molar-refractivity contribution < 1.29 is 5.11 Å². The number of nitrogens with zero attached hydrogens (tertiary/aromatic N) is 2. The number of nitriles is 1. The van der Waals surface area contributed by atoms with Crippen molar-refractivity contribution in [1.82, 2.24) is 4.98 Å². The summed E-state index contributed by atoms with van der Waals surface area (Å²) in [6.07, 6.45) is 0. The fraction of sp³-hybridized carbons (Fsp3) is 0.167. The zero-order valence-electron chi connectivity index (χ0n) is 8.09. The summed E-state index contributed by atoms with van der Waals surface area (Å²) in [7, 11) is 0. The molecular formula is C12H10N2O. The minimum Gasteiger partial charge on any atom is -0.395 e. The van der Waals surface area contributed by atoms with Crippen LogP contribution in [0.25, 0.3) is 10.9 Å². The van der Waals surface area contributed by atoms with Crippen molar-refractivity contribution in [3.63, 3.8) is 0 Å². The third kappa shape index (κ3) is 1.80. The highest BCUT2D eigenvalue weighted by atomic mass is 16.3. The molecule has 0 saturated carbocycles. The maximum Gasteiger partial charge on any atom is 0.111 e. The van der Waals surface area contributed by atoms with Gasteiger partial charge in [-0.3, -0.25) is 4.98 Å². The van der Waals surface area contributed by atoms with Gasteiger partial charge in [0.1, 0.15) is 5.92 Å². The number of benzene rings is 1. The van der Waals surface area contributed by atoms with E-state index >= 15 is 0 Å². The Labute approximate surface area is 87.6 Å². The molecule has 0 saturated heterocycles. The van der Waals surface area contributed by atoms with Crippen molar-refractivity contribution >= 4 is 10.9 Å². The fourth-order valence-electron chi connectivity index (χ4n) is 1.48. The van der Waals surface area contributed by atoms with Gasteiger partial charge in [0.2, 0.25) is 0 Å². The predicted molar refractivity (Wildman–Crippen MR) is 57.2 cm³/mol. The van der Waals surface area contributed by atoms with E-state index in [0.717, 1.165) is 10.9 Å². The van der Waals surface area contributed by atoms with Crippen LogP contribution < -0.4 is 0 Å². The first-order valence-corrected chi connectivity index (χ1v) is 4.71. The largest absolute Gasteiger partial charge is 0.395 e. The van der Waals surface area contributed by atoms with Crippen LogP contribution in [0.2, 0.25) is 0 Å². The van der Waals surface area contributed by atoms with Crippen LogP contribution in [-0.4, -0.2) is 16.7 Å². The van der Waals surface area contributed by atoms with Crippen LogP contribution >= 0.6 is 0 Å².